The van der Waals surface area contributed by atoms with Crippen LogP contribution in [0.5, 0.6) is 5.75 Å². The standard InChI is InChI=1S/C19H19F3O5/c1-2-26-17(18(24)25)16(23)14-9-8-13(10-15(14)19(20,21)22)27-11-12-6-4-3-5-7-12/h3-10,16-17,23H,2,11H2,1H3,(H,24,25)/p-1/t16-,17+/m1/s1. The Bertz CT molecular complexity index is 762. The van der Waals surface area contributed by atoms with Crippen LogP contribution in [0.3, 0.4) is 0 Å². The van der Waals surface area contributed by atoms with E-state index in [4.69, 9.17) is 9.47 Å². The monoisotopic (exact) mass is 383 g/mol. The molecule has 0 bridgehead atoms. The van der Waals surface area contributed by atoms with Gasteiger partial charge in [0.25, 0.3) is 0 Å². The van der Waals surface area contributed by atoms with Crippen LogP contribution in [0.1, 0.15) is 29.7 Å². The number of ether oxygens (including phenoxy) is 2. The van der Waals surface area contributed by atoms with E-state index in [0.29, 0.717) is 0 Å². The predicted octanol–water partition coefficient (Wildman–Crippen LogP) is 2.47. The molecular weight excluding hydrogens is 365 g/mol. The zero-order chi connectivity index (χ0) is 20.0. The second-order valence-electron chi connectivity index (χ2n) is 5.66. The van der Waals surface area contributed by atoms with E-state index in [2.05, 4.69) is 0 Å². The molecule has 2 aromatic carbocycles. The maximum absolute atomic E-state index is 13.4. The highest BCUT2D eigenvalue weighted by molar-refractivity contribution is 5.71. The van der Waals surface area contributed by atoms with Crippen molar-refractivity contribution < 1.29 is 37.7 Å². The third kappa shape index (κ3) is 5.45. The van der Waals surface area contributed by atoms with Crippen LogP contribution in [0.4, 0.5) is 13.2 Å². The maximum atomic E-state index is 13.4. The molecule has 2 rings (SSSR count). The lowest BCUT2D eigenvalue weighted by Gasteiger charge is -2.26. The number of carboxylic acid groups (broad SMARTS) is 1. The van der Waals surface area contributed by atoms with Gasteiger partial charge in [-0.1, -0.05) is 36.4 Å². The number of aliphatic hydroxyl groups excluding tert-OH is 1. The summed E-state index contributed by atoms with van der Waals surface area (Å²) in [6.07, 6.45) is -8.80. The molecule has 0 fully saturated rings. The van der Waals surface area contributed by atoms with Crippen LogP contribution < -0.4 is 9.84 Å². The van der Waals surface area contributed by atoms with Crippen molar-refractivity contribution in [3.05, 3.63) is 65.2 Å². The molecule has 0 unspecified atom stereocenters. The number of hydrogen-bond acceptors (Lipinski definition) is 5. The van der Waals surface area contributed by atoms with Crippen LogP contribution in [0, 0.1) is 0 Å². The molecule has 5 nitrogen and oxygen atoms in total. The Balaban J connectivity index is 2.31. The van der Waals surface area contributed by atoms with E-state index in [1.54, 1.807) is 30.3 Å². The summed E-state index contributed by atoms with van der Waals surface area (Å²) in [4.78, 5) is 11.1. The largest absolute Gasteiger partial charge is 0.547 e. The van der Waals surface area contributed by atoms with Gasteiger partial charge in [-0.3, -0.25) is 0 Å². The first-order chi connectivity index (χ1) is 12.7. The second-order valence-corrected chi connectivity index (χ2v) is 5.66. The molecule has 1 N–H and O–H groups in total. The Labute approximate surface area is 154 Å². The number of alkyl halides is 3. The first-order valence-corrected chi connectivity index (χ1v) is 8.12. The van der Waals surface area contributed by atoms with Gasteiger partial charge in [-0.25, -0.2) is 0 Å². The lowest BCUT2D eigenvalue weighted by Crippen LogP contribution is -2.42. The minimum Gasteiger partial charge on any atom is -0.547 e. The first-order valence-electron chi connectivity index (χ1n) is 8.12. The summed E-state index contributed by atoms with van der Waals surface area (Å²) in [5.41, 5.74) is -1.06. The summed E-state index contributed by atoms with van der Waals surface area (Å²) < 4.78 is 50.5. The van der Waals surface area contributed by atoms with Crippen molar-refractivity contribution in [2.24, 2.45) is 0 Å². The molecule has 0 radical (unpaired) electrons. The average molecular weight is 383 g/mol. The quantitative estimate of drug-likeness (QED) is 0.758. The average Bonchev–Trinajstić information content (AvgIpc) is 2.63. The lowest BCUT2D eigenvalue weighted by atomic mass is 9.97. The summed E-state index contributed by atoms with van der Waals surface area (Å²) in [6.45, 7) is 1.39. The topological polar surface area (TPSA) is 78.8 Å². The summed E-state index contributed by atoms with van der Waals surface area (Å²) in [7, 11) is 0. The summed E-state index contributed by atoms with van der Waals surface area (Å²) >= 11 is 0. The second kappa shape index (κ2) is 8.88. The van der Waals surface area contributed by atoms with Crippen molar-refractivity contribution in [2.75, 3.05) is 6.61 Å². The van der Waals surface area contributed by atoms with Crippen molar-refractivity contribution in [1.82, 2.24) is 0 Å². The van der Waals surface area contributed by atoms with E-state index in [1.807, 2.05) is 0 Å². The van der Waals surface area contributed by atoms with Crippen LogP contribution in [-0.2, 0) is 22.3 Å². The van der Waals surface area contributed by atoms with Crippen LogP contribution in [-0.4, -0.2) is 23.8 Å². The molecule has 146 valence electrons. The summed E-state index contributed by atoms with van der Waals surface area (Å²) in [6, 6.07) is 11.8. The van der Waals surface area contributed by atoms with Gasteiger partial charge in [0.05, 0.1) is 11.5 Å². The fourth-order valence-electron chi connectivity index (χ4n) is 2.50. The van der Waals surface area contributed by atoms with Crippen molar-refractivity contribution in [1.29, 1.82) is 0 Å². The molecule has 0 aliphatic rings. The number of carboxylic acids is 1. The van der Waals surface area contributed by atoms with Crippen molar-refractivity contribution in [2.45, 2.75) is 31.9 Å². The Morgan fingerprint density at radius 2 is 1.85 bits per heavy atom. The van der Waals surface area contributed by atoms with Gasteiger partial charge >= 0.3 is 6.18 Å². The highest BCUT2D eigenvalue weighted by Gasteiger charge is 2.37. The molecular formula is C19H18F3O5-. The number of benzene rings is 2. The first kappa shape index (κ1) is 20.7. The van der Waals surface area contributed by atoms with Gasteiger partial charge in [0.15, 0.2) is 0 Å². The fourth-order valence-corrected chi connectivity index (χ4v) is 2.50. The molecule has 0 heterocycles. The van der Waals surface area contributed by atoms with E-state index in [-0.39, 0.29) is 19.0 Å². The summed E-state index contributed by atoms with van der Waals surface area (Å²) in [5.74, 6) is -1.87. The number of hydrogen-bond donors (Lipinski definition) is 1. The van der Waals surface area contributed by atoms with Gasteiger partial charge in [-0.2, -0.15) is 13.2 Å². The Kier molecular flexibility index (Phi) is 6.81. The number of aliphatic carboxylic acids is 1. The highest BCUT2D eigenvalue weighted by atomic mass is 19.4. The molecule has 0 amide bonds. The third-order valence-electron chi connectivity index (χ3n) is 3.76. The van der Waals surface area contributed by atoms with Crippen molar-refractivity contribution in [3.8, 4) is 5.75 Å². The molecule has 2 atom stereocenters. The minimum absolute atomic E-state index is 0.0562. The minimum atomic E-state index is -4.83. The molecule has 0 spiro atoms. The van der Waals surface area contributed by atoms with Crippen LogP contribution >= 0.6 is 0 Å². The van der Waals surface area contributed by atoms with Crippen LogP contribution in [0.2, 0.25) is 0 Å². The Hall–Kier alpha value is -2.58. The molecule has 0 aliphatic carbocycles. The fraction of sp³-hybridized carbons (Fsp3) is 0.316. The number of carbonyl (C=O) groups is 1. The SMILES string of the molecule is CCO[C@H](C(=O)[O-])[C@H](O)c1ccc(OCc2ccccc2)cc1C(F)(F)F. The van der Waals surface area contributed by atoms with E-state index in [1.165, 1.54) is 13.0 Å². The van der Waals surface area contributed by atoms with Gasteiger partial charge in [0.1, 0.15) is 24.6 Å². The maximum Gasteiger partial charge on any atom is 0.416 e. The van der Waals surface area contributed by atoms with Gasteiger partial charge < -0.3 is 24.5 Å². The zero-order valence-corrected chi connectivity index (χ0v) is 14.4. The van der Waals surface area contributed by atoms with E-state index < -0.39 is 35.5 Å². The molecule has 0 saturated carbocycles. The van der Waals surface area contributed by atoms with Gasteiger partial charge in [-0.15, -0.1) is 0 Å². The highest BCUT2D eigenvalue weighted by Crippen LogP contribution is 2.38. The van der Waals surface area contributed by atoms with E-state index in [9.17, 15) is 28.2 Å². The molecule has 0 aromatic heterocycles. The van der Waals surface area contributed by atoms with Gasteiger partial charge in [-0.05, 0) is 30.2 Å². The number of rotatable bonds is 8. The summed E-state index contributed by atoms with van der Waals surface area (Å²) in [5, 5.41) is 21.2. The van der Waals surface area contributed by atoms with Crippen LogP contribution in [0.15, 0.2) is 48.5 Å². The van der Waals surface area contributed by atoms with Crippen molar-refractivity contribution >= 4 is 5.97 Å². The smallest absolute Gasteiger partial charge is 0.416 e. The number of aliphatic hydroxyl groups is 1. The van der Waals surface area contributed by atoms with E-state index >= 15 is 0 Å². The molecule has 8 heteroatoms. The number of halogens is 3. The van der Waals surface area contributed by atoms with Crippen LogP contribution in [0.25, 0.3) is 0 Å². The molecule has 0 saturated heterocycles. The molecule has 2 aromatic rings. The number of carbonyl (C=O) groups excluding carboxylic acids is 1. The molecule has 0 aliphatic heterocycles. The normalized spacial score (nSPS) is 13.8. The third-order valence-corrected chi connectivity index (χ3v) is 3.76. The Morgan fingerprint density at radius 3 is 2.41 bits per heavy atom. The van der Waals surface area contributed by atoms with Gasteiger partial charge in [0.2, 0.25) is 0 Å². The lowest BCUT2D eigenvalue weighted by molar-refractivity contribution is -0.320. The zero-order valence-electron chi connectivity index (χ0n) is 14.4. The van der Waals surface area contributed by atoms with E-state index in [0.717, 1.165) is 17.7 Å². The van der Waals surface area contributed by atoms with Crippen molar-refractivity contribution in [3.63, 3.8) is 0 Å². The van der Waals surface area contributed by atoms with Gasteiger partial charge in [0, 0.05) is 6.61 Å². The Morgan fingerprint density at radius 1 is 1.19 bits per heavy atom. The molecule has 27 heavy (non-hydrogen) atoms. The predicted molar refractivity (Wildman–Crippen MR) is 87.6 cm³/mol.